The lowest BCUT2D eigenvalue weighted by Gasteiger charge is -2.15. The molecule has 2 aromatic carbocycles. The molecule has 0 fully saturated rings. The number of hydrogen-bond donors (Lipinski definition) is 0. The Bertz CT molecular complexity index is 1140. The number of rotatable bonds is 5. The third-order valence-corrected chi connectivity index (χ3v) is 5.05. The van der Waals surface area contributed by atoms with Gasteiger partial charge < -0.3 is 4.52 Å². The van der Waals surface area contributed by atoms with Crippen molar-refractivity contribution in [1.29, 1.82) is 0 Å². The highest BCUT2D eigenvalue weighted by atomic mass is 32.2. The molecule has 0 aliphatic carbocycles. The molecular weight excluding hydrogens is 360 g/mol. The Balaban J connectivity index is 1.63. The van der Waals surface area contributed by atoms with E-state index < -0.39 is 0 Å². The number of hydrogen-bond acceptors (Lipinski definition) is 6. The number of benzene rings is 2. The molecule has 7 heteroatoms. The van der Waals surface area contributed by atoms with E-state index in [0.29, 0.717) is 33.5 Å². The molecule has 0 amide bonds. The van der Waals surface area contributed by atoms with Crippen LogP contribution >= 0.6 is 11.8 Å². The topological polar surface area (TPSA) is 73.8 Å². The van der Waals surface area contributed by atoms with Gasteiger partial charge in [-0.1, -0.05) is 59.4 Å². The van der Waals surface area contributed by atoms with Gasteiger partial charge >= 0.3 is 0 Å². The summed E-state index contributed by atoms with van der Waals surface area (Å²) in [7, 11) is 0. The number of fused-ring (bicyclic) bond motifs is 1. The fraction of sp³-hybridized carbons (Fsp3) is 0.200. The van der Waals surface area contributed by atoms with Crippen LogP contribution in [0.5, 0.6) is 0 Å². The maximum atomic E-state index is 12.8. The van der Waals surface area contributed by atoms with Crippen molar-refractivity contribution >= 4 is 22.7 Å². The van der Waals surface area contributed by atoms with Crippen LogP contribution in [0.4, 0.5) is 0 Å². The van der Waals surface area contributed by atoms with E-state index in [1.54, 1.807) is 4.57 Å². The van der Waals surface area contributed by atoms with Gasteiger partial charge in [0.15, 0.2) is 5.16 Å². The summed E-state index contributed by atoms with van der Waals surface area (Å²) >= 11 is 1.42. The van der Waals surface area contributed by atoms with E-state index in [-0.39, 0.29) is 11.6 Å². The summed E-state index contributed by atoms with van der Waals surface area (Å²) in [5.74, 6) is 1.49. The van der Waals surface area contributed by atoms with Gasteiger partial charge in [-0.15, -0.1) is 0 Å². The minimum atomic E-state index is -0.0337. The highest BCUT2D eigenvalue weighted by Crippen LogP contribution is 2.25. The van der Waals surface area contributed by atoms with Gasteiger partial charge in [-0.05, 0) is 26.0 Å². The zero-order valence-electron chi connectivity index (χ0n) is 15.0. The zero-order valence-corrected chi connectivity index (χ0v) is 15.8. The molecule has 0 atom stereocenters. The van der Waals surface area contributed by atoms with E-state index in [0.717, 1.165) is 5.56 Å². The smallest absolute Gasteiger partial charge is 0.262 e. The average Bonchev–Trinajstić information content (AvgIpc) is 3.16. The summed E-state index contributed by atoms with van der Waals surface area (Å²) in [6.07, 6.45) is 0. The first-order chi connectivity index (χ1) is 13.1. The van der Waals surface area contributed by atoms with Crippen molar-refractivity contribution in [2.75, 3.05) is 0 Å². The van der Waals surface area contributed by atoms with Crippen molar-refractivity contribution in [2.24, 2.45) is 0 Å². The Morgan fingerprint density at radius 2 is 1.78 bits per heavy atom. The Morgan fingerprint density at radius 3 is 2.56 bits per heavy atom. The first-order valence-corrected chi connectivity index (χ1v) is 9.64. The minimum absolute atomic E-state index is 0.000305. The first-order valence-electron chi connectivity index (χ1n) is 8.65. The summed E-state index contributed by atoms with van der Waals surface area (Å²) in [6.45, 7) is 3.95. The third-order valence-electron chi connectivity index (χ3n) is 4.12. The van der Waals surface area contributed by atoms with Crippen LogP contribution in [0, 0.1) is 0 Å². The Hall–Kier alpha value is -2.93. The maximum Gasteiger partial charge on any atom is 0.262 e. The van der Waals surface area contributed by atoms with E-state index in [2.05, 4.69) is 15.1 Å². The molecule has 0 saturated heterocycles. The van der Waals surface area contributed by atoms with E-state index in [9.17, 15) is 4.79 Å². The van der Waals surface area contributed by atoms with Crippen LogP contribution in [-0.2, 0) is 5.75 Å². The lowest BCUT2D eigenvalue weighted by atomic mass is 10.2. The van der Waals surface area contributed by atoms with Crippen LogP contribution in [-0.4, -0.2) is 19.7 Å². The van der Waals surface area contributed by atoms with E-state index >= 15 is 0 Å². The molecule has 0 spiro atoms. The molecule has 2 aromatic heterocycles. The van der Waals surface area contributed by atoms with Crippen LogP contribution in [0.3, 0.4) is 0 Å². The molecule has 6 nitrogen and oxygen atoms in total. The van der Waals surface area contributed by atoms with Crippen LogP contribution in [0.25, 0.3) is 22.3 Å². The summed E-state index contributed by atoms with van der Waals surface area (Å²) < 4.78 is 7.07. The quantitative estimate of drug-likeness (QED) is 0.380. The molecule has 2 heterocycles. The van der Waals surface area contributed by atoms with E-state index in [1.807, 2.05) is 68.4 Å². The van der Waals surface area contributed by atoms with Gasteiger partial charge in [-0.25, -0.2) is 4.98 Å². The predicted molar refractivity (Wildman–Crippen MR) is 106 cm³/mol. The van der Waals surface area contributed by atoms with Crippen LogP contribution in [0.2, 0.25) is 0 Å². The molecule has 136 valence electrons. The number of nitrogens with zero attached hydrogens (tertiary/aromatic N) is 4. The Labute approximate surface area is 160 Å². The average molecular weight is 378 g/mol. The largest absolute Gasteiger partial charge is 0.338 e. The van der Waals surface area contributed by atoms with Gasteiger partial charge in [0.1, 0.15) is 0 Å². The number of thioether (sulfide) groups is 1. The van der Waals surface area contributed by atoms with Crippen molar-refractivity contribution in [3.8, 4) is 11.4 Å². The van der Waals surface area contributed by atoms with Crippen molar-refractivity contribution in [2.45, 2.75) is 30.8 Å². The Kier molecular flexibility index (Phi) is 4.77. The molecule has 0 bridgehead atoms. The summed E-state index contributed by atoms with van der Waals surface area (Å²) in [5.41, 5.74) is 1.56. The number of para-hydroxylation sites is 1. The Morgan fingerprint density at radius 1 is 1.04 bits per heavy atom. The van der Waals surface area contributed by atoms with Crippen molar-refractivity contribution in [3.05, 3.63) is 70.8 Å². The molecule has 0 radical (unpaired) electrons. The highest BCUT2D eigenvalue weighted by Gasteiger charge is 2.16. The lowest BCUT2D eigenvalue weighted by Crippen LogP contribution is -2.25. The SMILES string of the molecule is CC(C)n1c(SCc2nc(-c3ccccc3)no2)nc2ccccc2c1=O. The monoisotopic (exact) mass is 378 g/mol. The van der Waals surface area contributed by atoms with Gasteiger partial charge in [-0.3, -0.25) is 9.36 Å². The molecule has 0 unspecified atom stereocenters. The summed E-state index contributed by atoms with van der Waals surface area (Å²) in [6, 6.07) is 17.1. The lowest BCUT2D eigenvalue weighted by molar-refractivity contribution is 0.391. The molecule has 0 N–H and O–H groups in total. The molecule has 4 rings (SSSR count). The highest BCUT2D eigenvalue weighted by molar-refractivity contribution is 7.98. The summed E-state index contributed by atoms with van der Waals surface area (Å²) in [4.78, 5) is 22.0. The van der Waals surface area contributed by atoms with Gasteiger partial charge in [0.05, 0.1) is 16.7 Å². The van der Waals surface area contributed by atoms with Gasteiger partial charge in [0.25, 0.3) is 5.56 Å². The van der Waals surface area contributed by atoms with Crippen LogP contribution in [0.15, 0.2) is 69.1 Å². The second kappa shape index (κ2) is 7.36. The standard InChI is InChI=1S/C20H18N4O2S/c1-13(2)24-19(25)15-10-6-7-11-16(15)21-20(24)27-12-17-22-18(23-26-17)14-8-4-3-5-9-14/h3-11,13H,12H2,1-2H3. The first kappa shape index (κ1) is 17.5. The molecule has 4 aromatic rings. The van der Waals surface area contributed by atoms with Crippen LogP contribution < -0.4 is 5.56 Å². The van der Waals surface area contributed by atoms with E-state index in [4.69, 9.17) is 4.52 Å². The fourth-order valence-electron chi connectivity index (χ4n) is 2.83. The van der Waals surface area contributed by atoms with Gasteiger partial charge in [-0.2, -0.15) is 4.98 Å². The zero-order chi connectivity index (χ0) is 18.8. The van der Waals surface area contributed by atoms with Crippen molar-refractivity contribution in [1.82, 2.24) is 19.7 Å². The van der Waals surface area contributed by atoms with Crippen molar-refractivity contribution < 1.29 is 4.52 Å². The molecular formula is C20H18N4O2S. The normalized spacial score (nSPS) is 11.4. The van der Waals surface area contributed by atoms with Crippen molar-refractivity contribution in [3.63, 3.8) is 0 Å². The molecule has 27 heavy (non-hydrogen) atoms. The minimum Gasteiger partial charge on any atom is -0.338 e. The van der Waals surface area contributed by atoms with Gasteiger partial charge in [0.2, 0.25) is 11.7 Å². The second-order valence-electron chi connectivity index (χ2n) is 6.35. The molecule has 0 aliphatic rings. The third kappa shape index (κ3) is 3.50. The fourth-order valence-corrected chi connectivity index (χ4v) is 3.79. The second-order valence-corrected chi connectivity index (χ2v) is 7.29. The van der Waals surface area contributed by atoms with Gasteiger partial charge in [0, 0.05) is 11.6 Å². The molecule has 0 saturated carbocycles. The number of aromatic nitrogens is 4. The predicted octanol–water partition coefficient (Wildman–Crippen LogP) is 4.32. The van der Waals surface area contributed by atoms with E-state index in [1.165, 1.54) is 11.8 Å². The summed E-state index contributed by atoms with van der Waals surface area (Å²) in [5, 5.41) is 5.31. The van der Waals surface area contributed by atoms with Crippen LogP contribution in [0.1, 0.15) is 25.8 Å². The molecule has 0 aliphatic heterocycles. The maximum absolute atomic E-state index is 12.8.